The average molecular weight is 415 g/mol. The molecule has 3 aromatic carbocycles. The van der Waals surface area contributed by atoms with Crippen molar-refractivity contribution in [3.05, 3.63) is 71.3 Å². The highest BCUT2D eigenvalue weighted by Gasteiger charge is 2.39. The summed E-state index contributed by atoms with van der Waals surface area (Å²) in [4.78, 5) is 37.9. The number of phenolic OH excluding ortho intramolecular Hbond substituents is 1. The maximum absolute atomic E-state index is 12.8. The van der Waals surface area contributed by atoms with Crippen LogP contribution in [0.25, 0.3) is 10.8 Å². The molecule has 31 heavy (non-hydrogen) atoms. The van der Waals surface area contributed by atoms with E-state index < -0.39 is 11.9 Å². The zero-order valence-electron chi connectivity index (χ0n) is 16.7. The zero-order chi connectivity index (χ0) is 21.5. The first kappa shape index (κ1) is 19.1. The second kappa shape index (κ2) is 7.43. The summed E-state index contributed by atoms with van der Waals surface area (Å²) in [5.41, 5.74) is 3.46. The van der Waals surface area contributed by atoms with Gasteiger partial charge in [0.15, 0.2) is 0 Å². The number of hydrogen-bond donors (Lipinski definition) is 3. The Morgan fingerprint density at radius 1 is 1.00 bits per heavy atom. The van der Waals surface area contributed by atoms with Crippen LogP contribution in [-0.2, 0) is 22.7 Å². The summed E-state index contributed by atoms with van der Waals surface area (Å²) in [5, 5.41) is 17.3. The first-order valence-electron chi connectivity index (χ1n) is 10.2. The van der Waals surface area contributed by atoms with Crippen molar-refractivity contribution in [2.24, 2.45) is 0 Å². The van der Waals surface area contributed by atoms with Gasteiger partial charge < -0.3 is 15.3 Å². The van der Waals surface area contributed by atoms with Gasteiger partial charge in [0.25, 0.3) is 5.91 Å². The third-order valence-corrected chi connectivity index (χ3v) is 5.91. The summed E-state index contributed by atoms with van der Waals surface area (Å²) >= 11 is 0. The number of fused-ring (bicyclic) bond motifs is 2. The van der Waals surface area contributed by atoms with Crippen LogP contribution in [0.2, 0.25) is 0 Å². The Labute approximate surface area is 178 Å². The summed E-state index contributed by atoms with van der Waals surface area (Å²) in [6.45, 7) is 0.968. The zero-order valence-corrected chi connectivity index (χ0v) is 16.7. The molecule has 5 rings (SSSR count). The van der Waals surface area contributed by atoms with E-state index >= 15 is 0 Å². The molecule has 3 N–H and O–H groups in total. The van der Waals surface area contributed by atoms with E-state index in [1.165, 1.54) is 0 Å². The van der Waals surface area contributed by atoms with Crippen molar-refractivity contribution < 1.29 is 19.5 Å². The van der Waals surface area contributed by atoms with Gasteiger partial charge in [-0.1, -0.05) is 18.2 Å². The number of anilines is 1. The van der Waals surface area contributed by atoms with Crippen molar-refractivity contribution >= 4 is 34.2 Å². The monoisotopic (exact) mass is 415 g/mol. The predicted octanol–water partition coefficient (Wildman–Crippen LogP) is 2.92. The molecule has 7 nitrogen and oxygen atoms in total. The van der Waals surface area contributed by atoms with Crippen molar-refractivity contribution in [2.45, 2.75) is 32.0 Å². The standard InChI is InChI=1S/C24H21N3O4/c28-19-5-3-15-9-14(1-2-16(15)11-19)12-25-18-4-6-20-17(10-18)13-27(24(20)31)21-7-8-22(29)26-23(21)30/h1-6,9-11,21,25,28H,7-8,12-13H2,(H,26,29,30). The molecule has 0 radical (unpaired) electrons. The van der Waals surface area contributed by atoms with Crippen LogP contribution in [-0.4, -0.2) is 33.8 Å². The predicted molar refractivity (Wildman–Crippen MR) is 115 cm³/mol. The minimum atomic E-state index is -0.606. The number of imide groups is 1. The Balaban J connectivity index is 1.30. The maximum Gasteiger partial charge on any atom is 0.255 e. The van der Waals surface area contributed by atoms with Crippen LogP contribution in [0.15, 0.2) is 54.6 Å². The molecule has 0 spiro atoms. The van der Waals surface area contributed by atoms with Gasteiger partial charge in [0, 0.05) is 30.8 Å². The van der Waals surface area contributed by atoms with Crippen molar-refractivity contribution in [3.63, 3.8) is 0 Å². The summed E-state index contributed by atoms with van der Waals surface area (Å²) in [5.74, 6) is -0.617. The van der Waals surface area contributed by atoms with Crippen LogP contribution >= 0.6 is 0 Å². The molecule has 3 amide bonds. The van der Waals surface area contributed by atoms with Gasteiger partial charge in [0.05, 0.1) is 0 Å². The number of rotatable bonds is 4. The van der Waals surface area contributed by atoms with Crippen LogP contribution in [0, 0.1) is 0 Å². The van der Waals surface area contributed by atoms with E-state index in [-0.39, 0.29) is 24.0 Å². The molecule has 7 heteroatoms. The topological polar surface area (TPSA) is 98.7 Å². The van der Waals surface area contributed by atoms with Gasteiger partial charge >= 0.3 is 0 Å². The molecule has 0 aliphatic carbocycles. The van der Waals surface area contributed by atoms with Crippen molar-refractivity contribution in [2.75, 3.05) is 5.32 Å². The van der Waals surface area contributed by atoms with E-state index in [2.05, 4.69) is 16.7 Å². The van der Waals surface area contributed by atoms with E-state index in [0.717, 1.165) is 27.6 Å². The van der Waals surface area contributed by atoms with E-state index in [1.807, 2.05) is 30.3 Å². The van der Waals surface area contributed by atoms with Crippen LogP contribution in [0.1, 0.15) is 34.3 Å². The highest BCUT2D eigenvalue weighted by atomic mass is 16.3. The van der Waals surface area contributed by atoms with Crippen LogP contribution in [0.4, 0.5) is 5.69 Å². The number of aromatic hydroxyl groups is 1. The van der Waals surface area contributed by atoms with Crippen LogP contribution in [0.5, 0.6) is 5.75 Å². The molecular weight excluding hydrogens is 394 g/mol. The normalized spacial score (nSPS) is 18.3. The maximum atomic E-state index is 12.8. The fourth-order valence-electron chi connectivity index (χ4n) is 4.28. The molecule has 3 aromatic rings. The van der Waals surface area contributed by atoms with Crippen LogP contribution in [0.3, 0.4) is 0 Å². The lowest BCUT2D eigenvalue weighted by Crippen LogP contribution is -2.52. The Morgan fingerprint density at radius 3 is 2.65 bits per heavy atom. The quantitative estimate of drug-likeness (QED) is 0.569. The number of hydrogen-bond acceptors (Lipinski definition) is 5. The number of nitrogens with one attached hydrogen (secondary N) is 2. The lowest BCUT2D eigenvalue weighted by molar-refractivity contribution is -0.136. The lowest BCUT2D eigenvalue weighted by atomic mass is 10.0. The van der Waals surface area contributed by atoms with Crippen molar-refractivity contribution in [1.29, 1.82) is 0 Å². The van der Waals surface area contributed by atoms with E-state index in [0.29, 0.717) is 25.1 Å². The molecule has 0 bridgehead atoms. The Morgan fingerprint density at radius 2 is 1.81 bits per heavy atom. The van der Waals surface area contributed by atoms with Crippen molar-refractivity contribution in [3.8, 4) is 5.75 Å². The molecular formula is C24H21N3O4. The Hall–Kier alpha value is -3.87. The second-order valence-corrected chi connectivity index (χ2v) is 7.99. The third-order valence-electron chi connectivity index (χ3n) is 5.91. The third kappa shape index (κ3) is 3.59. The second-order valence-electron chi connectivity index (χ2n) is 7.99. The fourth-order valence-corrected chi connectivity index (χ4v) is 4.28. The number of carbonyl (C=O) groups is 3. The Kier molecular flexibility index (Phi) is 4.58. The summed E-state index contributed by atoms with van der Waals surface area (Å²) in [6.07, 6.45) is 0.601. The SMILES string of the molecule is O=C1CCC(N2Cc3cc(NCc4ccc5cc(O)ccc5c4)ccc3C2=O)C(=O)N1. The molecule has 2 aliphatic rings. The van der Waals surface area contributed by atoms with E-state index in [4.69, 9.17) is 0 Å². The van der Waals surface area contributed by atoms with Gasteiger partial charge in [-0.3, -0.25) is 19.7 Å². The highest BCUT2D eigenvalue weighted by Crippen LogP contribution is 2.30. The number of amides is 3. The molecule has 2 heterocycles. The lowest BCUT2D eigenvalue weighted by Gasteiger charge is -2.29. The van der Waals surface area contributed by atoms with Gasteiger partial charge in [-0.25, -0.2) is 0 Å². The van der Waals surface area contributed by atoms with Gasteiger partial charge in [0.2, 0.25) is 11.8 Å². The summed E-state index contributed by atoms with van der Waals surface area (Å²) in [7, 11) is 0. The molecule has 1 atom stereocenters. The molecule has 0 saturated carbocycles. The first-order valence-corrected chi connectivity index (χ1v) is 10.2. The van der Waals surface area contributed by atoms with Gasteiger partial charge in [-0.2, -0.15) is 0 Å². The highest BCUT2D eigenvalue weighted by molar-refractivity contribution is 6.05. The molecule has 2 aliphatic heterocycles. The molecule has 1 fully saturated rings. The van der Waals surface area contributed by atoms with Crippen LogP contribution < -0.4 is 10.6 Å². The van der Waals surface area contributed by atoms with E-state index in [1.54, 1.807) is 23.1 Å². The molecule has 1 saturated heterocycles. The largest absolute Gasteiger partial charge is 0.508 e. The minimum Gasteiger partial charge on any atom is -0.508 e. The average Bonchev–Trinajstić information content (AvgIpc) is 3.08. The summed E-state index contributed by atoms with van der Waals surface area (Å²) in [6, 6.07) is 16.3. The molecule has 1 unspecified atom stereocenters. The number of nitrogens with zero attached hydrogens (tertiary/aromatic N) is 1. The summed E-state index contributed by atoms with van der Waals surface area (Å²) < 4.78 is 0. The van der Waals surface area contributed by atoms with E-state index in [9.17, 15) is 19.5 Å². The van der Waals surface area contributed by atoms with Gasteiger partial charge in [-0.15, -0.1) is 0 Å². The number of benzene rings is 3. The Bertz CT molecular complexity index is 1240. The number of phenols is 1. The molecule has 156 valence electrons. The smallest absolute Gasteiger partial charge is 0.255 e. The van der Waals surface area contributed by atoms with Crippen molar-refractivity contribution in [1.82, 2.24) is 10.2 Å². The number of piperidine rings is 1. The molecule has 0 aromatic heterocycles. The first-order chi connectivity index (χ1) is 15.0. The van der Waals surface area contributed by atoms with Gasteiger partial charge in [-0.05, 0) is 64.7 Å². The minimum absolute atomic E-state index is 0.172. The number of carbonyl (C=O) groups excluding carboxylic acids is 3. The van der Waals surface area contributed by atoms with Gasteiger partial charge in [0.1, 0.15) is 11.8 Å². The fraction of sp³-hybridized carbons (Fsp3) is 0.208.